The van der Waals surface area contributed by atoms with Crippen LogP contribution in [-0.4, -0.2) is 15.7 Å². The maximum atomic E-state index is 5.60. The summed E-state index contributed by atoms with van der Waals surface area (Å²) in [5.41, 5.74) is 4.00. The molecule has 4 heteroatoms. The van der Waals surface area contributed by atoms with Gasteiger partial charge in [0.25, 0.3) is 0 Å². The Morgan fingerprint density at radius 1 is 1.43 bits per heavy atom. The topological polar surface area (TPSA) is 66.6 Å². The molecule has 1 aromatic heterocycles. The Labute approximate surface area is 83.9 Å². The van der Waals surface area contributed by atoms with Gasteiger partial charge in [-0.1, -0.05) is 6.42 Å². The van der Waals surface area contributed by atoms with Crippen molar-refractivity contribution in [1.29, 1.82) is 0 Å². The average Bonchev–Trinajstić information content (AvgIpc) is 2.28. The van der Waals surface area contributed by atoms with Gasteiger partial charge in [0.1, 0.15) is 0 Å². The molecule has 4 nitrogen and oxygen atoms in total. The number of aromatic nitrogens is 2. The van der Waals surface area contributed by atoms with Crippen molar-refractivity contribution in [2.45, 2.75) is 51.0 Å². The molecule has 0 saturated heterocycles. The summed E-state index contributed by atoms with van der Waals surface area (Å²) < 4.78 is 5.60. The second-order valence-corrected chi connectivity index (χ2v) is 5.00. The number of nitrogens with zero attached hydrogens (tertiary/aromatic N) is 2. The zero-order valence-corrected chi connectivity index (χ0v) is 8.92. The second kappa shape index (κ2) is 3.35. The molecule has 78 valence electrons. The van der Waals surface area contributed by atoms with E-state index in [0.717, 1.165) is 18.2 Å². The Kier molecular flexibility index (Phi) is 2.31. The van der Waals surface area contributed by atoms with Gasteiger partial charge in [-0.25, -0.2) is 0 Å². The second-order valence-electron chi connectivity index (χ2n) is 5.00. The molecule has 1 fully saturated rings. The largest absolute Gasteiger partial charge is 0.425 e. The SMILES string of the molecule is CC(C)([NH3+])Cc1nnc(C2CCC2)o1. The summed E-state index contributed by atoms with van der Waals surface area (Å²) in [7, 11) is 0. The highest BCUT2D eigenvalue weighted by molar-refractivity contribution is 4.97. The summed E-state index contributed by atoms with van der Waals surface area (Å²) in [6, 6.07) is 0. The lowest BCUT2D eigenvalue weighted by Gasteiger charge is -2.20. The van der Waals surface area contributed by atoms with Gasteiger partial charge in [0.15, 0.2) is 0 Å². The molecule has 0 spiro atoms. The zero-order chi connectivity index (χ0) is 10.2. The quantitative estimate of drug-likeness (QED) is 0.781. The molecule has 1 aromatic rings. The van der Waals surface area contributed by atoms with E-state index in [1.165, 1.54) is 19.3 Å². The molecule has 1 aliphatic rings. The lowest BCUT2D eigenvalue weighted by atomic mass is 9.85. The van der Waals surface area contributed by atoms with Gasteiger partial charge in [-0.15, -0.1) is 10.2 Å². The van der Waals surface area contributed by atoms with Crippen LogP contribution < -0.4 is 5.73 Å². The smallest absolute Gasteiger partial charge is 0.222 e. The fourth-order valence-electron chi connectivity index (χ4n) is 1.57. The average molecular weight is 196 g/mol. The van der Waals surface area contributed by atoms with Crippen molar-refractivity contribution >= 4 is 0 Å². The monoisotopic (exact) mass is 196 g/mol. The van der Waals surface area contributed by atoms with E-state index in [1.807, 2.05) is 0 Å². The Hall–Kier alpha value is -0.900. The van der Waals surface area contributed by atoms with Crippen LogP contribution in [0.15, 0.2) is 4.42 Å². The molecule has 14 heavy (non-hydrogen) atoms. The van der Waals surface area contributed by atoms with Gasteiger partial charge in [-0.05, 0) is 26.7 Å². The fraction of sp³-hybridized carbons (Fsp3) is 0.800. The van der Waals surface area contributed by atoms with E-state index in [9.17, 15) is 0 Å². The van der Waals surface area contributed by atoms with Crippen LogP contribution in [0.1, 0.15) is 50.8 Å². The molecule has 0 atom stereocenters. The Morgan fingerprint density at radius 3 is 2.64 bits per heavy atom. The summed E-state index contributed by atoms with van der Waals surface area (Å²) >= 11 is 0. The minimum Gasteiger partial charge on any atom is -0.425 e. The van der Waals surface area contributed by atoms with Gasteiger partial charge < -0.3 is 10.2 Å². The molecule has 0 amide bonds. The van der Waals surface area contributed by atoms with Crippen molar-refractivity contribution in [3.8, 4) is 0 Å². The minimum atomic E-state index is -0.0244. The van der Waals surface area contributed by atoms with E-state index >= 15 is 0 Å². The van der Waals surface area contributed by atoms with Crippen molar-refractivity contribution in [3.05, 3.63) is 11.8 Å². The van der Waals surface area contributed by atoms with E-state index in [2.05, 4.69) is 29.8 Å². The lowest BCUT2D eigenvalue weighted by molar-refractivity contribution is -0.465. The first-order valence-corrected chi connectivity index (χ1v) is 5.22. The Bertz CT molecular complexity index is 309. The molecule has 0 aromatic carbocycles. The Balaban J connectivity index is 2.02. The van der Waals surface area contributed by atoms with Crippen molar-refractivity contribution in [3.63, 3.8) is 0 Å². The molecule has 1 saturated carbocycles. The van der Waals surface area contributed by atoms with Gasteiger partial charge >= 0.3 is 0 Å². The van der Waals surface area contributed by atoms with Gasteiger partial charge in [-0.2, -0.15) is 0 Å². The molecule has 0 aliphatic heterocycles. The van der Waals surface area contributed by atoms with Crippen molar-refractivity contribution < 1.29 is 10.2 Å². The third-order valence-corrected chi connectivity index (χ3v) is 2.57. The Morgan fingerprint density at radius 2 is 2.14 bits per heavy atom. The van der Waals surface area contributed by atoms with Crippen LogP contribution >= 0.6 is 0 Å². The van der Waals surface area contributed by atoms with E-state index in [0.29, 0.717) is 5.92 Å². The van der Waals surface area contributed by atoms with E-state index in [1.54, 1.807) is 0 Å². The number of quaternary nitrogens is 1. The highest BCUT2D eigenvalue weighted by Gasteiger charge is 2.26. The first kappa shape index (κ1) is 9.65. The molecule has 1 aliphatic carbocycles. The summed E-state index contributed by atoms with van der Waals surface area (Å²) in [5, 5.41) is 8.13. The minimum absolute atomic E-state index is 0.0244. The van der Waals surface area contributed by atoms with Crippen molar-refractivity contribution in [2.24, 2.45) is 0 Å². The predicted octanol–water partition coefficient (Wildman–Crippen LogP) is 0.900. The van der Waals surface area contributed by atoms with Crippen LogP contribution in [-0.2, 0) is 6.42 Å². The van der Waals surface area contributed by atoms with Gasteiger partial charge in [0, 0.05) is 5.92 Å². The standard InChI is InChI=1S/C10H17N3O/c1-10(2,11)6-8-12-13-9(14-8)7-4-3-5-7/h7H,3-6,11H2,1-2H3/p+1. The molecule has 1 heterocycles. The van der Waals surface area contributed by atoms with Gasteiger partial charge in [-0.3, -0.25) is 0 Å². The zero-order valence-electron chi connectivity index (χ0n) is 8.92. The molecule has 2 rings (SSSR count). The molecular weight excluding hydrogens is 178 g/mol. The maximum absolute atomic E-state index is 5.60. The molecule has 3 N–H and O–H groups in total. The summed E-state index contributed by atoms with van der Waals surface area (Å²) in [6.07, 6.45) is 4.46. The van der Waals surface area contributed by atoms with Crippen LogP contribution in [0.5, 0.6) is 0 Å². The molecule has 0 radical (unpaired) electrons. The van der Waals surface area contributed by atoms with Crippen LogP contribution in [0.25, 0.3) is 0 Å². The number of rotatable bonds is 3. The summed E-state index contributed by atoms with van der Waals surface area (Å²) in [6.45, 7) is 4.14. The van der Waals surface area contributed by atoms with Crippen molar-refractivity contribution in [2.75, 3.05) is 0 Å². The van der Waals surface area contributed by atoms with Crippen LogP contribution in [0.2, 0.25) is 0 Å². The van der Waals surface area contributed by atoms with Gasteiger partial charge in [0.05, 0.1) is 12.0 Å². The van der Waals surface area contributed by atoms with E-state index < -0.39 is 0 Å². The third-order valence-electron chi connectivity index (χ3n) is 2.57. The first-order valence-electron chi connectivity index (χ1n) is 5.22. The first-order chi connectivity index (χ1) is 6.54. The molecular formula is C10H18N3O+. The lowest BCUT2D eigenvalue weighted by Crippen LogP contribution is -2.70. The number of hydrogen-bond donors (Lipinski definition) is 1. The van der Waals surface area contributed by atoms with E-state index in [-0.39, 0.29) is 5.54 Å². The third kappa shape index (κ3) is 2.12. The molecule has 0 bridgehead atoms. The normalized spacial score (nSPS) is 18.2. The summed E-state index contributed by atoms with van der Waals surface area (Å²) in [5.74, 6) is 2.09. The summed E-state index contributed by atoms with van der Waals surface area (Å²) in [4.78, 5) is 0. The maximum Gasteiger partial charge on any atom is 0.222 e. The van der Waals surface area contributed by atoms with Crippen LogP contribution in [0.3, 0.4) is 0 Å². The highest BCUT2D eigenvalue weighted by Crippen LogP contribution is 2.35. The fourth-order valence-corrected chi connectivity index (χ4v) is 1.57. The van der Waals surface area contributed by atoms with Crippen LogP contribution in [0, 0.1) is 0 Å². The predicted molar refractivity (Wildman–Crippen MR) is 51.6 cm³/mol. The van der Waals surface area contributed by atoms with Crippen LogP contribution in [0.4, 0.5) is 0 Å². The van der Waals surface area contributed by atoms with Crippen molar-refractivity contribution in [1.82, 2.24) is 10.2 Å². The van der Waals surface area contributed by atoms with E-state index in [4.69, 9.17) is 4.42 Å². The van der Waals surface area contributed by atoms with Gasteiger partial charge in [0.2, 0.25) is 11.8 Å². The number of hydrogen-bond acceptors (Lipinski definition) is 3. The highest BCUT2D eigenvalue weighted by atomic mass is 16.4. The molecule has 0 unspecified atom stereocenters.